The van der Waals surface area contributed by atoms with Crippen molar-refractivity contribution >= 4 is 11.6 Å². The van der Waals surface area contributed by atoms with Crippen molar-refractivity contribution in [3.05, 3.63) is 18.0 Å². The minimum Gasteiger partial charge on any atom is -0.397 e. The molecule has 0 aliphatic heterocycles. The van der Waals surface area contributed by atoms with Crippen LogP contribution in [0.4, 0.5) is 5.69 Å². The number of methoxy groups -OCH3 is 1. The summed E-state index contributed by atoms with van der Waals surface area (Å²) >= 11 is 0. The average Bonchev–Trinajstić information content (AvgIpc) is 2.77. The number of hydrogen-bond donors (Lipinski definition) is 2. The van der Waals surface area contributed by atoms with Crippen LogP contribution >= 0.6 is 0 Å². The summed E-state index contributed by atoms with van der Waals surface area (Å²) in [5.74, 6) is -0.0845. The highest BCUT2D eigenvalue weighted by molar-refractivity contribution is 5.93. The first-order valence-corrected chi connectivity index (χ1v) is 6.49. The van der Waals surface area contributed by atoms with E-state index in [1.807, 2.05) is 18.5 Å². The molecule has 1 aromatic rings. The Morgan fingerprint density at radius 2 is 2.26 bits per heavy atom. The first-order chi connectivity index (χ1) is 9.08. The Kier molecular flexibility index (Phi) is 6.38. The number of carbonyl (C=O) groups is 1. The summed E-state index contributed by atoms with van der Waals surface area (Å²) < 4.78 is 6.84. The van der Waals surface area contributed by atoms with Gasteiger partial charge in [-0.1, -0.05) is 0 Å². The number of hydrogen-bond acceptors (Lipinski definition) is 4. The number of rotatable bonds is 8. The van der Waals surface area contributed by atoms with Crippen molar-refractivity contribution in [3.8, 4) is 0 Å². The molecule has 6 heteroatoms. The highest BCUT2D eigenvalue weighted by Gasteiger charge is 2.11. The average molecular weight is 268 g/mol. The SMILES string of the molecule is CCn1cc(N)cc1C(=O)NCCN(C)CCOC. The molecule has 0 aliphatic rings. The molecule has 108 valence electrons. The summed E-state index contributed by atoms with van der Waals surface area (Å²) in [5, 5.41) is 2.90. The monoisotopic (exact) mass is 268 g/mol. The van der Waals surface area contributed by atoms with Crippen LogP contribution in [0.1, 0.15) is 17.4 Å². The van der Waals surface area contributed by atoms with Gasteiger partial charge >= 0.3 is 0 Å². The maximum absolute atomic E-state index is 12.0. The lowest BCUT2D eigenvalue weighted by molar-refractivity contribution is 0.0938. The van der Waals surface area contributed by atoms with Gasteiger partial charge < -0.3 is 25.3 Å². The zero-order chi connectivity index (χ0) is 14.3. The molecule has 0 radical (unpaired) electrons. The number of nitrogens with two attached hydrogens (primary N) is 1. The van der Waals surface area contributed by atoms with Gasteiger partial charge in [0.1, 0.15) is 5.69 Å². The quantitative estimate of drug-likeness (QED) is 0.716. The van der Waals surface area contributed by atoms with Crippen LogP contribution in [0.3, 0.4) is 0 Å². The zero-order valence-electron chi connectivity index (χ0n) is 12.0. The van der Waals surface area contributed by atoms with Crippen molar-refractivity contribution < 1.29 is 9.53 Å². The fourth-order valence-corrected chi connectivity index (χ4v) is 1.79. The molecular formula is C13H24N4O2. The molecule has 3 N–H and O–H groups in total. The molecule has 1 aromatic heterocycles. The summed E-state index contributed by atoms with van der Waals surface area (Å²) in [6, 6.07) is 1.70. The van der Waals surface area contributed by atoms with E-state index in [2.05, 4.69) is 10.2 Å². The highest BCUT2D eigenvalue weighted by Crippen LogP contribution is 2.10. The van der Waals surface area contributed by atoms with Crippen molar-refractivity contribution in [1.29, 1.82) is 0 Å². The number of amides is 1. The van der Waals surface area contributed by atoms with Gasteiger partial charge in [-0.15, -0.1) is 0 Å². The minimum atomic E-state index is -0.0845. The first-order valence-electron chi connectivity index (χ1n) is 6.49. The number of carbonyl (C=O) groups excluding carboxylic acids is 1. The number of anilines is 1. The van der Waals surface area contributed by atoms with E-state index in [1.54, 1.807) is 19.4 Å². The summed E-state index contributed by atoms with van der Waals surface area (Å²) in [5.41, 5.74) is 6.93. The maximum Gasteiger partial charge on any atom is 0.268 e. The molecule has 0 saturated carbocycles. The Morgan fingerprint density at radius 3 is 2.89 bits per heavy atom. The molecule has 1 amide bonds. The van der Waals surface area contributed by atoms with Gasteiger partial charge in [0, 0.05) is 39.5 Å². The second kappa shape index (κ2) is 7.81. The van der Waals surface area contributed by atoms with Gasteiger partial charge in [-0.3, -0.25) is 4.79 Å². The highest BCUT2D eigenvalue weighted by atomic mass is 16.5. The number of nitrogen functional groups attached to an aromatic ring is 1. The van der Waals surface area contributed by atoms with Crippen LogP contribution in [-0.2, 0) is 11.3 Å². The Bertz CT molecular complexity index is 403. The second-order valence-electron chi connectivity index (χ2n) is 4.50. The van der Waals surface area contributed by atoms with Crippen LogP contribution in [0.5, 0.6) is 0 Å². The van der Waals surface area contributed by atoms with Crippen LogP contribution in [0.25, 0.3) is 0 Å². The Balaban J connectivity index is 2.38. The molecule has 0 spiro atoms. The summed E-state index contributed by atoms with van der Waals surface area (Å²) in [6.07, 6.45) is 1.78. The molecule has 0 unspecified atom stereocenters. The maximum atomic E-state index is 12.0. The fraction of sp³-hybridized carbons (Fsp3) is 0.615. The van der Waals surface area contributed by atoms with Gasteiger partial charge in [0.2, 0.25) is 0 Å². The largest absolute Gasteiger partial charge is 0.397 e. The standard InChI is InChI=1S/C13H24N4O2/c1-4-17-10-11(14)9-12(17)13(18)15-5-6-16(2)7-8-19-3/h9-10H,4-8,14H2,1-3H3,(H,15,18). The molecule has 1 heterocycles. The number of ether oxygens (including phenoxy) is 1. The second-order valence-corrected chi connectivity index (χ2v) is 4.50. The van der Waals surface area contributed by atoms with Gasteiger partial charge in [0.15, 0.2) is 0 Å². The Labute approximate surface area is 114 Å². The lowest BCUT2D eigenvalue weighted by Crippen LogP contribution is -2.35. The topological polar surface area (TPSA) is 72.5 Å². The molecule has 0 aromatic carbocycles. The molecule has 0 atom stereocenters. The predicted molar refractivity (Wildman–Crippen MR) is 76.2 cm³/mol. The number of likely N-dealkylation sites (N-methyl/N-ethyl adjacent to an activating group) is 1. The zero-order valence-corrected chi connectivity index (χ0v) is 12.0. The van der Waals surface area contributed by atoms with Crippen molar-refractivity contribution in [2.45, 2.75) is 13.5 Å². The molecule has 0 fully saturated rings. The smallest absolute Gasteiger partial charge is 0.268 e. The molecule has 0 bridgehead atoms. The van der Waals surface area contributed by atoms with E-state index < -0.39 is 0 Å². The minimum absolute atomic E-state index is 0.0845. The van der Waals surface area contributed by atoms with Gasteiger partial charge in [0.05, 0.1) is 12.3 Å². The van der Waals surface area contributed by atoms with E-state index in [0.29, 0.717) is 24.5 Å². The molecular weight excluding hydrogens is 244 g/mol. The van der Waals surface area contributed by atoms with Crippen LogP contribution in [0, 0.1) is 0 Å². The Hall–Kier alpha value is -1.53. The van der Waals surface area contributed by atoms with Crippen LogP contribution in [0.2, 0.25) is 0 Å². The number of aryl methyl sites for hydroxylation is 1. The number of nitrogens with one attached hydrogen (secondary N) is 1. The number of aromatic nitrogens is 1. The third kappa shape index (κ3) is 4.92. The summed E-state index contributed by atoms with van der Waals surface area (Å²) in [7, 11) is 3.68. The lowest BCUT2D eigenvalue weighted by atomic mass is 10.3. The van der Waals surface area contributed by atoms with Crippen molar-refractivity contribution in [2.75, 3.05) is 46.1 Å². The van der Waals surface area contributed by atoms with Gasteiger partial charge in [-0.25, -0.2) is 0 Å². The van der Waals surface area contributed by atoms with Crippen LogP contribution < -0.4 is 11.1 Å². The number of nitrogens with zero attached hydrogens (tertiary/aromatic N) is 2. The van der Waals surface area contributed by atoms with Crippen LogP contribution in [0.15, 0.2) is 12.3 Å². The predicted octanol–water partition coefficient (Wildman–Crippen LogP) is 0.398. The van der Waals surface area contributed by atoms with Gasteiger partial charge in [-0.05, 0) is 20.0 Å². The van der Waals surface area contributed by atoms with Crippen molar-refractivity contribution in [1.82, 2.24) is 14.8 Å². The molecule has 1 rings (SSSR count). The Morgan fingerprint density at radius 1 is 1.53 bits per heavy atom. The van der Waals surface area contributed by atoms with Crippen molar-refractivity contribution in [2.24, 2.45) is 0 Å². The lowest BCUT2D eigenvalue weighted by Gasteiger charge is -2.16. The molecule has 0 saturated heterocycles. The van der Waals surface area contributed by atoms with Crippen molar-refractivity contribution in [3.63, 3.8) is 0 Å². The van der Waals surface area contributed by atoms with E-state index in [4.69, 9.17) is 10.5 Å². The van der Waals surface area contributed by atoms with E-state index in [-0.39, 0.29) is 5.91 Å². The van der Waals surface area contributed by atoms with Crippen LogP contribution in [-0.4, -0.2) is 55.8 Å². The fourth-order valence-electron chi connectivity index (χ4n) is 1.79. The van der Waals surface area contributed by atoms with Gasteiger partial charge in [0.25, 0.3) is 5.91 Å². The van der Waals surface area contributed by atoms with E-state index in [0.717, 1.165) is 19.6 Å². The van der Waals surface area contributed by atoms with E-state index >= 15 is 0 Å². The van der Waals surface area contributed by atoms with Gasteiger partial charge in [-0.2, -0.15) is 0 Å². The molecule has 0 aliphatic carbocycles. The molecule has 19 heavy (non-hydrogen) atoms. The summed E-state index contributed by atoms with van der Waals surface area (Å²) in [4.78, 5) is 14.1. The third-order valence-electron chi connectivity index (χ3n) is 2.95. The van der Waals surface area contributed by atoms with E-state index in [9.17, 15) is 4.79 Å². The summed E-state index contributed by atoms with van der Waals surface area (Å²) in [6.45, 7) is 5.65. The van der Waals surface area contributed by atoms with E-state index in [1.165, 1.54) is 0 Å². The molecule has 6 nitrogen and oxygen atoms in total. The first kappa shape index (κ1) is 15.5. The third-order valence-corrected chi connectivity index (χ3v) is 2.95. The normalized spacial score (nSPS) is 10.9.